The molecule has 0 saturated carbocycles. The summed E-state index contributed by atoms with van der Waals surface area (Å²) in [5.74, 6) is 1.53. The van der Waals surface area contributed by atoms with Crippen molar-refractivity contribution in [3.63, 3.8) is 0 Å². The largest absolute Gasteiger partial charge is 0.381 e. The number of hydrogen-bond donors (Lipinski definition) is 2. The van der Waals surface area contributed by atoms with Crippen LogP contribution in [0.2, 0.25) is 0 Å². The van der Waals surface area contributed by atoms with Crippen molar-refractivity contribution in [1.82, 2.24) is 15.6 Å². The zero-order chi connectivity index (χ0) is 20.2. The Balaban J connectivity index is 0.00000320. The molecule has 1 aromatic heterocycles. The van der Waals surface area contributed by atoms with E-state index in [1.807, 2.05) is 12.3 Å². The number of para-hydroxylation sites is 1. The highest BCUT2D eigenvalue weighted by Gasteiger charge is 2.13. The molecule has 1 fully saturated rings. The summed E-state index contributed by atoms with van der Waals surface area (Å²) in [5, 5.41) is 7.94. The van der Waals surface area contributed by atoms with Crippen LogP contribution in [0.3, 0.4) is 0 Å². The van der Waals surface area contributed by atoms with E-state index in [1.165, 1.54) is 10.9 Å². The van der Waals surface area contributed by atoms with Gasteiger partial charge in [0, 0.05) is 57.6 Å². The molecule has 30 heavy (non-hydrogen) atoms. The van der Waals surface area contributed by atoms with Crippen molar-refractivity contribution in [2.75, 3.05) is 46.1 Å². The first-order chi connectivity index (χ1) is 14.4. The lowest BCUT2D eigenvalue weighted by molar-refractivity contribution is 0.0205. The normalized spacial score (nSPS) is 15.0. The van der Waals surface area contributed by atoms with Gasteiger partial charge in [-0.05, 0) is 50.2 Å². The van der Waals surface area contributed by atoms with Crippen molar-refractivity contribution in [2.45, 2.75) is 32.6 Å². The molecule has 0 amide bonds. The lowest BCUT2D eigenvalue weighted by Gasteiger charge is -2.21. The first-order valence-electron chi connectivity index (χ1n) is 10.9. The Hall–Kier alpha value is -1.45. The highest BCUT2D eigenvalue weighted by molar-refractivity contribution is 14.0. The van der Waals surface area contributed by atoms with Crippen LogP contribution in [-0.2, 0) is 15.9 Å². The van der Waals surface area contributed by atoms with Crippen molar-refractivity contribution in [3.05, 3.63) is 42.1 Å². The molecule has 0 unspecified atom stereocenters. The topological polar surface area (TPSA) is 67.8 Å². The van der Waals surface area contributed by atoms with Crippen LogP contribution in [0.25, 0.3) is 10.9 Å². The van der Waals surface area contributed by atoms with Crippen molar-refractivity contribution in [3.8, 4) is 0 Å². The standard InChI is InChI=1S/C23H34N4O2.HI/c1-2-24-23(26-13-5-15-29-18-19-10-16-28-17-11-19)27-14-9-21-7-3-6-20-8-4-12-25-22(20)21;/h3-4,6-8,12,19H,2,5,9-11,13-18H2,1H3,(H2,24,26,27);1H. The predicted octanol–water partition coefficient (Wildman–Crippen LogP) is 3.78. The quantitative estimate of drug-likeness (QED) is 0.214. The summed E-state index contributed by atoms with van der Waals surface area (Å²) in [6, 6.07) is 10.4. The molecule has 0 aliphatic carbocycles. The number of ether oxygens (including phenoxy) is 2. The molecule has 3 rings (SSSR count). The fraction of sp³-hybridized carbons (Fsp3) is 0.565. The number of rotatable bonds is 10. The maximum absolute atomic E-state index is 5.82. The van der Waals surface area contributed by atoms with E-state index >= 15 is 0 Å². The van der Waals surface area contributed by atoms with E-state index in [1.54, 1.807) is 0 Å². The molecule has 1 saturated heterocycles. The Kier molecular flexibility index (Phi) is 12.0. The number of nitrogens with zero attached hydrogens (tertiary/aromatic N) is 2. The Labute approximate surface area is 197 Å². The number of aliphatic imine (C=N–C) groups is 1. The van der Waals surface area contributed by atoms with Gasteiger partial charge in [0.25, 0.3) is 0 Å². The third-order valence-electron chi connectivity index (χ3n) is 5.16. The van der Waals surface area contributed by atoms with Crippen molar-refractivity contribution >= 4 is 40.8 Å². The monoisotopic (exact) mass is 526 g/mol. The first kappa shape index (κ1) is 24.8. The second-order valence-corrected chi connectivity index (χ2v) is 7.41. The average Bonchev–Trinajstić information content (AvgIpc) is 2.77. The third kappa shape index (κ3) is 8.35. The molecule has 2 N–H and O–H groups in total. The summed E-state index contributed by atoms with van der Waals surface area (Å²) in [6.07, 6.45) is 5.95. The fourth-order valence-corrected chi connectivity index (χ4v) is 3.55. The molecule has 6 nitrogen and oxygen atoms in total. The summed E-state index contributed by atoms with van der Waals surface area (Å²) >= 11 is 0. The zero-order valence-corrected chi connectivity index (χ0v) is 20.3. The number of fused-ring (bicyclic) bond motifs is 1. The number of aromatic nitrogens is 1. The minimum absolute atomic E-state index is 0. The van der Waals surface area contributed by atoms with Gasteiger partial charge in [-0.2, -0.15) is 0 Å². The molecule has 166 valence electrons. The van der Waals surface area contributed by atoms with Crippen LogP contribution in [-0.4, -0.2) is 57.0 Å². The maximum Gasteiger partial charge on any atom is 0.191 e. The number of pyridine rings is 1. The van der Waals surface area contributed by atoms with Crippen molar-refractivity contribution < 1.29 is 9.47 Å². The number of benzene rings is 1. The highest BCUT2D eigenvalue weighted by Crippen LogP contribution is 2.16. The maximum atomic E-state index is 5.82. The van der Waals surface area contributed by atoms with Gasteiger partial charge < -0.3 is 20.1 Å². The van der Waals surface area contributed by atoms with Gasteiger partial charge in [-0.1, -0.05) is 24.3 Å². The second kappa shape index (κ2) is 14.5. The zero-order valence-electron chi connectivity index (χ0n) is 17.9. The van der Waals surface area contributed by atoms with Crippen LogP contribution in [0, 0.1) is 5.92 Å². The molecule has 2 heterocycles. The van der Waals surface area contributed by atoms with Gasteiger partial charge in [0.15, 0.2) is 5.96 Å². The molecule has 1 aromatic carbocycles. The minimum Gasteiger partial charge on any atom is -0.381 e. The van der Waals surface area contributed by atoms with E-state index in [0.29, 0.717) is 5.92 Å². The Morgan fingerprint density at radius 1 is 1.20 bits per heavy atom. The predicted molar refractivity (Wildman–Crippen MR) is 134 cm³/mol. The second-order valence-electron chi connectivity index (χ2n) is 7.41. The van der Waals surface area contributed by atoms with E-state index in [-0.39, 0.29) is 24.0 Å². The molecule has 0 radical (unpaired) electrons. The summed E-state index contributed by atoms with van der Waals surface area (Å²) in [7, 11) is 0. The lowest BCUT2D eigenvalue weighted by atomic mass is 10.0. The third-order valence-corrected chi connectivity index (χ3v) is 5.16. The highest BCUT2D eigenvalue weighted by atomic mass is 127. The Morgan fingerprint density at radius 3 is 2.87 bits per heavy atom. The molecule has 0 bridgehead atoms. The van der Waals surface area contributed by atoms with Crippen LogP contribution in [0.5, 0.6) is 0 Å². The molecule has 0 atom stereocenters. The molecule has 2 aromatic rings. The van der Waals surface area contributed by atoms with E-state index in [9.17, 15) is 0 Å². The summed E-state index contributed by atoms with van der Waals surface area (Å²) in [4.78, 5) is 9.20. The number of guanidine groups is 1. The van der Waals surface area contributed by atoms with Gasteiger partial charge in [-0.25, -0.2) is 0 Å². The molecule has 1 aliphatic heterocycles. The Morgan fingerprint density at radius 2 is 2.03 bits per heavy atom. The molecule has 1 aliphatic rings. The van der Waals surface area contributed by atoms with Crippen LogP contribution in [0.4, 0.5) is 0 Å². The molecule has 0 spiro atoms. The summed E-state index contributed by atoms with van der Waals surface area (Å²) < 4.78 is 11.2. The molecule has 7 heteroatoms. The van der Waals surface area contributed by atoms with Gasteiger partial charge in [0.05, 0.1) is 5.52 Å². The SMILES string of the molecule is CCNC(=NCCCOCC1CCOCC1)NCCc1cccc2cccnc12.I. The van der Waals surface area contributed by atoms with Gasteiger partial charge in [-0.15, -0.1) is 24.0 Å². The van der Waals surface area contributed by atoms with Crippen LogP contribution in [0.15, 0.2) is 41.5 Å². The summed E-state index contributed by atoms with van der Waals surface area (Å²) in [6.45, 7) is 7.90. The number of nitrogens with one attached hydrogen (secondary N) is 2. The smallest absolute Gasteiger partial charge is 0.191 e. The van der Waals surface area contributed by atoms with Crippen molar-refractivity contribution in [1.29, 1.82) is 0 Å². The van der Waals surface area contributed by atoms with Crippen molar-refractivity contribution in [2.24, 2.45) is 10.9 Å². The lowest BCUT2D eigenvalue weighted by Crippen LogP contribution is -2.38. The molecular weight excluding hydrogens is 491 g/mol. The van der Waals surface area contributed by atoms with Crippen LogP contribution >= 0.6 is 24.0 Å². The van der Waals surface area contributed by atoms with Crippen LogP contribution < -0.4 is 10.6 Å². The van der Waals surface area contributed by atoms with Crippen LogP contribution in [0.1, 0.15) is 31.7 Å². The van der Waals surface area contributed by atoms with Gasteiger partial charge in [0.1, 0.15) is 0 Å². The van der Waals surface area contributed by atoms with Gasteiger partial charge in [-0.3, -0.25) is 9.98 Å². The Bertz CT molecular complexity index is 760. The van der Waals surface area contributed by atoms with E-state index < -0.39 is 0 Å². The fourth-order valence-electron chi connectivity index (χ4n) is 3.55. The minimum atomic E-state index is 0. The van der Waals surface area contributed by atoms with E-state index in [2.05, 4.69) is 51.8 Å². The number of halogens is 1. The summed E-state index contributed by atoms with van der Waals surface area (Å²) in [5.41, 5.74) is 2.34. The van der Waals surface area contributed by atoms with E-state index in [0.717, 1.165) is 83.2 Å². The first-order valence-corrected chi connectivity index (χ1v) is 10.9. The van der Waals surface area contributed by atoms with Gasteiger partial charge in [0.2, 0.25) is 0 Å². The average molecular weight is 526 g/mol. The number of hydrogen-bond acceptors (Lipinski definition) is 4. The molecular formula is C23H35IN4O2. The van der Waals surface area contributed by atoms with E-state index in [4.69, 9.17) is 9.47 Å². The van der Waals surface area contributed by atoms with Gasteiger partial charge >= 0.3 is 0 Å².